The van der Waals surface area contributed by atoms with Gasteiger partial charge in [0, 0.05) is 18.0 Å². The molecule has 0 saturated heterocycles. The van der Waals surface area contributed by atoms with E-state index in [0.717, 1.165) is 23.1 Å². The first-order valence-electron chi connectivity index (χ1n) is 8.87. The number of nitrogens with one attached hydrogen (secondary N) is 2. The summed E-state index contributed by atoms with van der Waals surface area (Å²) in [5.41, 5.74) is 5.27. The number of hydrogen-bond acceptors (Lipinski definition) is 3. The van der Waals surface area contributed by atoms with Crippen molar-refractivity contribution in [3.05, 3.63) is 95.1 Å². The highest BCUT2D eigenvalue weighted by molar-refractivity contribution is 5.93. The van der Waals surface area contributed by atoms with E-state index in [1.54, 1.807) is 17.6 Å². The number of carbonyl (C=O) groups excluding carboxylic acids is 2. The summed E-state index contributed by atoms with van der Waals surface area (Å²) in [6.45, 7) is 0.525. The Morgan fingerprint density at radius 2 is 1.78 bits per heavy atom. The Morgan fingerprint density at radius 1 is 1.04 bits per heavy atom. The topological polar surface area (TPSA) is 78.4 Å². The van der Waals surface area contributed by atoms with Crippen molar-refractivity contribution in [2.75, 3.05) is 6.54 Å². The molecule has 5 heteroatoms. The van der Waals surface area contributed by atoms with Crippen LogP contribution in [0.3, 0.4) is 0 Å². The molecule has 2 amide bonds. The van der Waals surface area contributed by atoms with Gasteiger partial charge in [-0.05, 0) is 29.7 Å². The number of amides is 2. The van der Waals surface area contributed by atoms with Crippen molar-refractivity contribution < 1.29 is 14.8 Å². The summed E-state index contributed by atoms with van der Waals surface area (Å²) in [6.07, 6.45) is 7.33. The zero-order valence-corrected chi connectivity index (χ0v) is 14.9. The van der Waals surface area contributed by atoms with E-state index in [1.807, 2.05) is 54.6 Å². The minimum absolute atomic E-state index is 0.00701. The molecule has 0 aromatic heterocycles. The first-order valence-corrected chi connectivity index (χ1v) is 8.87. The van der Waals surface area contributed by atoms with E-state index in [2.05, 4.69) is 11.4 Å². The average Bonchev–Trinajstić information content (AvgIpc) is 2.73. The molecule has 0 spiro atoms. The van der Waals surface area contributed by atoms with Gasteiger partial charge in [0.25, 0.3) is 5.91 Å². The quantitative estimate of drug-likeness (QED) is 0.546. The van der Waals surface area contributed by atoms with Crippen LogP contribution >= 0.6 is 0 Å². The predicted molar refractivity (Wildman–Crippen MR) is 103 cm³/mol. The van der Waals surface area contributed by atoms with Gasteiger partial charge in [0.05, 0.1) is 6.42 Å². The van der Waals surface area contributed by atoms with E-state index in [0.29, 0.717) is 18.5 Å². The van der Waals surface area contributed by atoms with E-state index in [1.165, 1.54) is 0 Å². The number of allylic oxidation sites excluding steroid dienone is 3. The lowest BCUT2D eigenvalue weighted by atomic mass is 9.88. The Labute approximate surface area is 158 Å². The van der Waals surface area contributed by atoms with Gasteiger partial charge in [0.2, 0.25) is 5.91 Å². The number of carbonyl (C=O) groups is 2. The molecule has 0 fully saturated rings. The lowest BCUT2D eigenvalue weighted by Crippen LogP contribution is -2.27. The van der Waals surface area contributed by atoms with Gasteiger partial charge in [0.1, 0.15) is 0 Å². The van der Waals surface area contributed by atoms with E-state index < -0.39 is 5.91 Å². The highest BCUT2D eigenvalue weighted by Crippen LogP contribution is 2.28. The van der Waals surface area contributed by atoms with Crippen LogP contribution in [-0.4, -0.2) is 23.6 Å². The maximum atomic E-state index is 12.1. The molecule has 1 atom stereocenters. The Kier molecular flexibility index (Phi) is 6.18. The van der Waals surface area contributed by atoms with Crippen molar-refractivity contribution in [2.24, 2.45) is 0 Å². The molecule has 2 aromatic carbocycles. The van der Waals surface area contributed by atoms with Crippen molar-refractivity contribution in [1.82, 2.24) is 10.8 Å². The second-order valence-corrected chi connectivity index (χ2v) is 6.52. The minimum Gasteiger partial charge on any atom is -0.352 e. The number of benzene rings is 2. The molecule has 0 heterocycles. The summed E-state index contributed by atoms with van der Waals surface area (Å²) in [6, 6.07) is 16.8. The van der Waals surface area contributed by atoms with Crippen molar-refractivity contribution in [2.45, 2.75) is 18.8 Å². The van der Waals surface area contributed by atoms with Crippen LogP contribution in [0.15, 0.2) is 78.4 Å². The van der Waals surface area contributed by atoms with Crippen LogP contribution in [-0.2, 0) is 11.2 Å². The van der Waals surface area contributed by atoms with Gasteiger partial charge in [-0.25, -0.2) is 5.48 Å². The Morgan fingerprint density at radius 3 is 2.48 bits per heavy atom. The van der Waals surface area contributed by atoms with Crippen molar-refractivity contribution in [3.8, 4) is 0 Å². The van der Waals surface area contributed by atoms with Gasteiger partial charge in [-0.3, -0.25) is 14.8 Å². The van der Waals surface area contributed by atoms with Crippen molar-refractivity contribution in [3.63, 3.8) is 0 Å². The molecular formula is C22H22N2O3. The lowest BCUT2D eigenvalue weighted by Gasteiger charge is -2.19. The van der Waals surface area contributed by atoms with Crippen LogP contribution in [0.4, 0.5) is 0 Å². The molecule has 0 saturated carbocycles. The third-order valence-corrected chi connectivity index (χ3v) is 4.58. The molecular weight excluding hydrogens is 340 g/mol. The SMILES string of the molecule is O=C(Cc1ccccc1)NCC1=CC=CC(c2ccc(C(=O)NO)cc2)C1. The van der Waals surface area contributed by atoms with Gasteiger partial charge in [-0.15, -0.1) is 0 Å². The second kappa shape index (κ2) is 8.96. The van der Waals surface area contributed by atoms with Crippen LogP contribution in [0.25, 0.3) is 0 Å². The zero-order chi connectivity index (χ0) is 19.1. The molecule has 1 aliphatic carbocycles. The fourth-order valence-corrected chi connectivity index (χ4v) is 3.11. The van der Waals surface area contributed by atoms with E-state index in [4.69, 9.17) is 5.21 Å². The largest absolute Gasteiger partial charge is 0.352 e. The Hall–Kier alpha value is -3.18. The zero-order valence-electron chi connectivity index (χ0n) is 14.9. The average molecular weight is 362 g/mol. The Bertz CT molecular complexity index is 855. The molecule has 5 nitrogen and oxygen atoms in total. The summed E-state index contributed by atoms with van der Waals surface area (Å²) in [7, 11) is 0. The molecule has 3 rings (SSSR count). The molecule has 0 aliphatic heterocycles. The summed E-state index contributed by atoms with van der Waals surface area (Å²) in [4.78, 5) is 23.5. The second-order valence-electron chi connectivity index (χ2n) is 6.52. The molecule has 1 unspecified atom stereocenters. The molecule has 0 bridgehead atoms. The predicted octanol–water partition coefficient (Wildman–Crippen LogP) is 3.13. The van der Waals surface area contributed by atoms with Crippen LogP contribution < -0.4 is 10.8 Å². The van der Waals surface area contributed by atoms with E-state index in [9.17, 15) is 9.59 Å². The summed E-state index contributed by atoms with van der Waals surface area (Å²) in [5.74, 6) is -0.322. The summed E-state index contributed by atoms with van der Waals surface area (Å²) >= 11 is 0. The summed E-state index contributed by atoms with van der Waals surface area (Å²) < 4.78 is 0. The number of hydrogen-bond donors (Lipinski definition) is 3. The lowest BCUT2D eigenvalue weighted by molar-refractivity contribution is -0.120. The normalized spacial score (nSPS) is 15.7. The van der Waals surface area contributed by atoms with Gasteiger partial charge in [-0.2, -0.15) is 0 Å². The van der Waals surface area contributed by atoms with Crippen LogP contribution in [0, 0.1) is 0 Å². The van der Waals surface area contributed by atoms with Gasteiger partial charge < -0.3 is 5.32 Å². The van der Waals surface area contributed by atoms with Crippen LogP contribution in [0.2, 0.25) is 0 Å². The molecule has 0 radical (unpaired) electrons. The third kappa shape index (κ3) is 5.15. The van der Waals surface area contributed by atoms with E-state index >= 15 is 0 Å². The van der Waals surface area contributed by atoms with Crippen molar-refractivity contribution >= 4 is 11.8 Å². The maximum absolute atomic E-state index is 12.1. The highest BCUT2D eigenvalue weighted by atomic mass is 16.5. The molecule has 1 aliphatic rings. The Balaban J connectivity index is 1.53. The fourth-order valence-electron chi connectivity index (χ4n) is 3.11. The maximum Gasteiger partial charge on any atom is 0.274 e. The fraction of sp³-hybridized carbons (Fsp3) is 0.182. The van der Waals surface area contributed by atoms with Crippen LogP contribution in [0.1, 0.15) is 33.8 Å². The monoisotopic (exact) mass is 362 g/mol. The minimum atomic E-state index is -0.526. The van der Waals surface area contributed by atoms with Crippen molar-refractivity contribution in [1.29, 1.82) is 0 Å². The smallest absolute Gasteiger partial charge is 0.274 e. The molecule has 2 aromatic rings. The number of rotatable bonds is 6. The van der Waals surface area contributed by atoms with Gasteiger partial charge >= 0.3 is 0 Å². The number of hydroxylamine groups is 1. The molecule has 27 heavy (non-hydrogen) atoms. The summed E-state index contributed by atoms with van der Waals surface area (Å²) in [5, 5.41) is 11.7. The third-order valence-electron chi connectivity index (χ3n) is 4.58. The van der Waals surface area contributed by atoms with E-state index in [-0.39, 0.29) is 11.8 Å². The molecule has 3 N–H and O–H groups in total. The standard InChI is InChI=1S/C22H22N2O3/c25-21(14-16-5-2-1-3-6-16)23-15-17-7-4-8-20(13-17)18-9-11-19(12-10-18)22(26)24-27/h1-12,20,27H,13-15H2,(H,23,25)(H,24,26). The first kappa shape index (κ1) is 18.6. The van der Waals surface area contributed by atoms with Crippen LogP contribution in [0.5, 0.6) is 0 Å². The van der Waals surface area contributed by atoms with Gasteiger partial charge in [0.15, 0.2) is 0 Å². The van der Waals surface area contributed by atoms with Gasteiger partial charge in [-0.1, -0.05) is 66.3 Å². The highest BCUT2D eigenvalue weighted by Gasteiger charge is 2.15. The molecule has 138 valence electrons. The first-order chi connectivity index (χ1) is 13.2.